The molecule has 3 rings (SSSR count). The van der Waals surface area contributed by atoms with Crippen molar-refractivity contribution in [1.29, 1.82) is 0 Å². The number of nitrogens with one attached hydrogen (secondary N) is 1. The first-order valence-corrected chi connectivity index (χ1v) is 8.74. The fraction of sp³-hybridized carbons (Fsp3) is 0.182. The lowest BCUT2D eigenvalue weighted by Crippen LogP contribution is -2.30. The molecule has 1 aromatic heterocycles. The number of benzene rings is 2. The van der Waals surface area contributed by atoms with Gasteiger partial charge in [0.05, 0.1) is 7.11 Å². The van der Waals surface area contributed by atoms with Crippen LogP contribution in [0.1, 0.15) is 18.1 Å². The molecule has 27 heavy (non-hydrogen) atoms. The van der Waals surface area contributed by atoms with E-state index in [2.05, 4.69) is 10.3 Å². The van der Waals surface area contributed by atoms with Crippen molar-refractivity contribution < 1.29 is 14.3 Å². The Labute approximate surface area is 159 Å². The minimum Gasteiger partial charge on any atom is -0.493 e. The summed E-state index contributed by atoms with van der Waals surface area (Å²) in [7, 11) is 1.57. The third kappa shape index (κ3) is 5.07. The number of carbonyl (C=O) groups excluding carboxylic acids is 1. The molecule has 0 aliphatic carbocycles. The average Bonchev–Trinajstić information content (AvgIpc) is 2.70. The molecule has 2 aromatic carbocycles. The van der Waals surface area contributed by atoms with E-state index in [1.165, 1.54) is 5.56 Å². The third-order valence-corrected chi connectivity index (χ3v) is 4.12. The summed E-state index contributed by atoms with van der Waals surface area (Å²) in [5.41, 5.74) is 3.09. The molecule has 138 valence electrons. The van der Waals surface area contributed by atoms with Crippen LogP contribution < -0.4 is 14.8 Å². The maximum Gasteiger partial charge on any atom is 0.265 e. The number of amides is 1. The highest BCUT2D eigenvalue weighted by atomic mass is 16.5. The Bertz CT molecular complexity index is 880. The smallest absolute Gasteiger partial charge is 0.265 e. The minimum atomic E-state index is -0.655. The summed E-state index contributed by atoms with van der Waals surface area (Å²) in [5.74, 6) is 0.913. The van der Waals surface area contributed by atoms with Gasteiger partial charge in [0, 0.05) is 18.1 Å². The Morgan fingerprint density at radius 2 is 1.59 bits per heavy atom. The maximum absolute atomic E-state index is 12.4. The van der Waals surface area contributed by atoms with Gasteiger partial charge in [-0.05, 0) is 60.9 Å². The van der Waals surface area contributed by atoms with E-state index >= 15 is 0 Å². The summed E-state index contributed by atoms with van der Waals surface area (Å²) >= 11 is 0. The minimum absolute atomic E-state index is 0.220. The third-order valence-electron chi connectivity index (χ3n) is 4.12. The van der Waals surface area contributed by atoms with Crippen LogP contribution in [0.5, 0.6) is 11.5 Å². The zero-order valence-corrected chi connectivity index (χ0v) is 15.4. The summed E-state index contributed by atoms with van der Waals surface area (Å²) in [4.78, 5) is 16.4. The summed E-state index contributed by atoms with van der Waals surface area (Å²) in [6, 6.07) is 19.0. The van der Waals surface area contributed by atoms with Crippen LogP contribution >= 0.6 is 0 Å². The van der Waals surface area contributed by atoms with Crippen LogP contribution in [0.3, 0.4) is 0 Å². The molecular weight excluding hydrogens is 340 g/mol. The number of aromatic nitrogens is 1. The van der Waals surface area contributed by atoms with Crippen LogP contribution in [-0.4, -0.2) is 24.1 Å². The Morgan fingerprint density at radius 3 is 2.26 bits per heavy atom. The number of ether oxygens (including phenoxy) is 2. The van der Waals surface area contributed by atoms with Crippen LogP contribution in [-0.2, 0) is 11.2 Å². The molecule has 3 aromatic rings. The largest absolute Gasteiger partial charge is 0.493 e. The van der Waals surface area contributed by atoms with Crippen molar-refractivity contribution in [2.75, 3.05) is 12.4 Å². The number of rotatable bonds is 7. The summed E-state index contributed by atoms with van der Waals surface area (Å²) in [6.45, 7) is 1.71. The van der Waals surface area contributed by atoms with Crippen molar-refractivity contribution in [1.82, 2.24) is 4.98 Å². The average molecular weight is 362 g/mol. The normalized spacial score (nSPS) is 11.5. The van der Waals surface area contributed by atoms with Gasteiger partial charge in [-0.25, -0.2) is 0 Å². The Hall–Kier alpha value is -3.34. The van der Waals surface area contributed by atoms with Crippen LogP contribution in [0.25, 0.3) is 0 Å². The van der Waals surface area contributed by atoms with E-state index in [0.29, 0.717) is 11.5 Å². The molecular formula is C22H22N2O3. The molecule has 5 nitrogen and oxygen atoms in total. The van der Waals surface area contributed by atoms with Gasteiger partial charge in [0.1, 0.15) is 0 Å². The van der Waals surface area contributed by atoms with E-state index in [4.69, 9.17) is 9.47 Å². The second-order valence-electron chi connectivity index (χ2n) is 6.13. The SMILES string of the molecule is COc1ccccc1OC(C)C(=O)Nc1ccc(Cc2ccncc2)cc1. The number of hydrogen-bond acceptors (Lipinski definition) is 4. The second-order valence-corrected chi connectivity index (χ2v) is 6.13. The van der Waals surface area contributed by atoms with E-state index < -0.39 is 6.10 Å². The van der Waals surface area contributed by atoms with E-state index in [-0.39, 0.29) is 5.91 Å². The van der Waals surface area contributed by atoms with Crippen LogP contribution in [0.15, 0.2) is 73.1 Å². The predicted molar refractivity (Wildman–Crippen MR) is 105 cm³/mol. The first-order chi connectivity index (χ1) is 13.2. The van der Waals surface area contributed by atoms with E-state index in [1.54, 1.807) is 38.6 Å². The first kappa shape index (κ1) is 18.5. The Kier molecular flexibility index (Phi) is 6.05. The molecule has 0 saturated heterocycles. The molecule has 0 fully saturated rings. The lowest BCUT2D eigenvalue weighted by molar-refractivity contribution is -0.122. The van der Waals surface area contributed by atoms with Gasteiger partial charge >= 0.3 is 0 Å². The maximum atomic E-state index is 12.4. The van der Waals surface area contributed by atoms with Gasteiger partial charge in [-0.2, -0.15) is 0 Å². The molecule has 0 saturated carbocycles. The first-order valence-electron chi connectivity index (χ1n) is 8.74. The molecule has 0 aliphatic heterocycles. The quantitative estimate of drug-likeness (QED) is 0.688. The van der Waals surface area contributed by atoms with Gasteiger partial charge in [0.2, 0.25) is 0 Å². The van der Waals surface area contributed by atoms with Crippen LogP contribution in [0.2, 0.25) is 0 Å². The molecule has 1 amide bonds. The number of hydrogen-bond donors (Lipinski definition) is 1. The molecule has 1 N–H and O–H groups in total. The molecule has 0 bridgehead atoms. The fourth-order valence-corrected chi connectivity index (χ4v) is 2.65. The van der Waals surface area contributed by atoms with Crippen molar-refractivity contribution in [3.05, 3.63) is 84.2 Å². The monoisotopic (exact) mass is 362 g/mol. The standard InChI is InChI=1S/C22H22N2O3/c1-16(27-21-6-4-3-5-20(21)26-2)22(25)24-19-9-7-17(8-10-19)15-18-11-13-23-14-12-18/h3-14,16H,15H2,1-2H3,(H,24,25). The summed E-state index contributed by atoms with van der Waals surface area (Å²) in [6.07, 6.45) is 3.74. The molecule has 0 aliphatic rings. The van der Waals surface area contributed by atoms with Crippen LogP contribution in [0.4, 0.5) is 5.69 Å². The highest BCUT2D eigenvalue weighted by Crippen LogP contribution is 2.27. The lowest BCUT2D eigenvalue weighted by atomic mass is 10.1. The predicted octanol–water partition coefficient (Wildman–Crippen LogP) is 4.09. The highest BCUT2D eigenvalue weighted by molar-refractivity contribution is 5.94. The number of para-hydroxylation sites is 2. The lowest BCUT2D eigenvalue weighted by Gasteiger charge is -2.16. The van der Waals surface area contributed by atoms with Gasteiger partial charge in [-0.15, -0.1) is 0 Å². The van der Waals surface area contributed by atoms with Crippen molar-refractivity contribution in [2.24, 2.45) is 0 Å². The molecule has 5 heteroatoms. The summed E-state index contributed by atoms with van der Waals surface area (Å²) < 4.78 is 11.0. The van der Waals surface area contributed by atoms with Gasteiger partial charge < -0.3 is 14.8 Å². The Balaban J connectivity index is 1.58. The number of methoxy groups -OCH3 is 1. The number of pyridine rings is 1. The number of nitrogens with zero attached hydrogens (tertiary/aromatic N) is 1. The topological polar surface area (TPSA) is 60.5 Å². The van der Waals surface area contributed by atoms with Crippen molar-refractivity contribution in [3.8, 4) is 11.5 Å². The van der Waals surface area contributed by atoms with Gasteiger partial charge in [-0.1, -0.05) is 24.3 Å². The van der Waals surface area contributed by atoms with E-state index in [1.807, 2.05) is 48.5 Å². The second kappa shape index (κ2) is 8.85. The Morgan fingerprint density at radius 1 is 0.963 bits per heavy atom. The zero-order chi connectivity index (χ0) is 19.1. The van der Waals surface area contributed by atoms with Gasteiger partial charge in [-0.3, -0.25) is 9.78 Å². The number of anilines is 1. The van der Waals surface area contributed by atoms with E-state index in [0.717, 1.165) is 17.7 Å². The van der Waals surface area contributed by atoms with Gasteiger partial charge in [0.15, 0.2) is 17.6 Å². The highest BCUT2D eigenvalue weighted by Gasteiger charge is 2.16. The molecule has 1 unspecified atom stereocenters. The van der Waals surface area contributed by atoms with Crippen molar-refractivity contribution in [3.63, 3.8) is 0 Å². The van der Waals surface area contributed by atoms with Crippen molar-refractivity contribution >= 4 is 11.6 Å². The molecule has 1 atom stereocenters. The van der Waals surface area contributed by atoms with Gasteiger partial charge in [0.25, 0.3) is 5.91 Å². The summed E-state index contributed by atoms with van der Waals surface area (Å²) in [5, 5.41) is 2.88. The van der Waals surface area contributed by atoms with Crippen LogP contribution in [0, 0.1) is 0 Å². The fourth-order valence-electron chi connectivity index (χ4n) is 2.65. The van der Waals surface area contributed by atoms with Crippen molar-refractivity contribution in [2.45, 2.75) is 19.4 Å². The number of carbonyl (C=O) groups is 1. The molecule has 1 heterocycles. The molecule has 0 spiro atoms. The zero-order valence-electron chi connectivity index (χ0n) is 15.4. The van der Waals surface area contributed by atoms with E-state index in [9.17, 15) is 4.79 Å². The molecule has 0 radical (unpaired) electrons.